The number of carbonyl (C=O) groups excluding carboxylic acids is 3. The van der Waals surface area contributed by atoms with Gasteiger partial charge in [0.2, 0.25) is 0 Å². The SMILES string of the molecule is COC(=O)c1ccc(NC(=O)COC(=O)c2n[nH]c3ccccc23)cc1. The van der Waals surface area contributed by atoms with Crippen LogP contribution in [0.2, 0.25) is 0 Å². The molecule has 132 valence electrons. The van der Waals surface area contributed by atoms with Crippen LogP contribution in [0.1, 0.15) is 20.8 Å². The molecule has 3 rings (SSSR count). The zero-order valence-electron chi connectivity index (χ0n) is 13.8. The van der Waals surface area contributed by atoms with Crippen molar-refractivity contribution in [3.63, 3.8) is 0 Å². The van der Waals surface area contributed by atoms with E-state index in [1.165, 1.54) is 19.2 Å². The van der Waals surface area contributed by atoms with E-state index in [4.69, 9.17) is 4.74 Å². The van der Waals surface area contributed by atoms with E-state index in [0.29, 0.717) is 22.2 Å². The normalized spacial score (nSPS) is 10.3. The minimum atomic E-state index is -0.696. The molecule has 3 aromatic rings. The second kappa shape index (κ2) is 7.47. The van der Waals surface area contributed by atoms with Crippen LogP contribution in [-0.2, 0) is 14.3 Å². The highest BCUT2D eigenvalue weighted by atomic mass is 16.5. The van der Waals surface area contributed by atoms with Crippen LogP contribution < -0.4 is 5.32 Å². The molecule has 0 atom stereocenters. The molecule has 0 radical (unpaired) electrons. The number of fused-ring (bicyclic) bond motifs is 1. The van der Waals surface area contributed by atoms with Gasteiger partial charge in [0.25, 0.3) is 5.91 Å². The molecule has 0 spiro atoms. The van der Waals surface area contributed by atoms with Gasteiger partial charge in [0.05, 0.1) is 18.2 Å². The lowest BCUT2D eigenvalue weighted by atomic mass is 10.2. The molecule has 0 aliphatic rings. The number of rotatable bonds is 5. The van der Waals surface area contributed by atoms with E-state index in [9.17, 15) is 14.4 Å². The summed E-state index contributed by atoms with van der Waals surface area (Å²) in [5.41, 5.74) is 1.65. The summed E-state index contributed by atoms with van der Waals surface area (Å²) >= 11 is 0. The molecule has 0 bridgehead atoms. The number of nitrogens with zero attached hydrogens (tertiary/aromatic N) is 1. The van der Waals surface area contributed by atoms with Gasteiger partial charge in [-0.2, -0.15) is 5.10 Å². The van der Waals surface area contributed by atoms with Crippen LogP contribution in [0.3, 0.4) is 0 Å². The van der Waals surface area contributed by atoms with Crippen LogP contribution >= 0.6 is 0 Å². The molecule has 1 aromatic heterocycles. The number of ether oxygens (including phenoxy) is 2. The Morgan fingerprint density at radius 2 is 1.77 bits per heavy atom. The van der Waals surface area contributed by atoms with E-state index in [1.54, 1.807) is 30.3 Å². The van der Waals surface area contributed by atoms with E-state index in [1.807, 2.05) is 6.07 Å². The minimum absolute atomic E-state index is 0.121. The standard InChI is InChI=1S/C18H15N3O5/c1-25-17(23)11-6-8-12(9-7-11)19-15(22)10-26-18(24)16-13-4-2-3-5-14(13)20-21-16/h2-9H,10H2,1H3,(H,19,22)(H,20,21). The summed E-state index contributed by atoms with van der Waals surface area (Å²) in [5, 5.41) is 9.83. The molecule has 1 heterocycles. The van der Waals surface area contributed by atoms with Gasteiger partial charge in [-0.3, -0.25) is 9.89 Å². The second-order valence-corrected chi connectivity index (χ2v) is 5.31. The van der Waals surface area contributed by atoms with Gasteiger partial charge in [0, 0.05) is 11.1 Å². The molecule has 0 saturated carbocycles. The molecule has 26 heavy (non-hydrogen) atoms. The number of aromatic amines is 1. The van der Waals surface area contributed by atoms with Gasteiger partial charge in [0.1, 0.15) is 0 Å². The molecular formula is C18H15N3O5. The number of aromatic nitrogens is 2. The number of amides is 1. The maximum atomic E-state index is 12.1. The highest BCUT2D eigenvalue weighted by Crippen LogP contribution is 2.16. The Bertz CT molecular complexity index is 962. The average Bonchev–Trinajstić information content (AvgIpc) is 3.10. The Morgan fingerprint density at radius 3 is 2.50 bits per heavy atom. The maximum Gasteiger partial charge on any atom is 0.359 e. The predicted molar refractivity (Wildman–Crippen MR) is 92.8 cm³/mol. The maximum absolute atomic E-state index is 12.1. The smallest absolute Gasteiger partial charge is 0.359 e. The van der Waals surface area contributed by atoms with Crippen molar-refractivity contribution in [1.29, 1.82) is 0 Å². The molecule has 0 saturated heterocycles. The average molecular weight is 353 g/mol. The first kappa shape index (κ1) is 17.2. The number of anilines is 1. The summed E-state index contributed by atoms with van der Waals surface area (Å²) in [6, 6.07) is 13.2. The van der Waals surface area contributed by atoms with Crippen molar-refractivity contribution in [1.82, 2.24) is 10.2 Å². The lowest BCUT2D eigenvalue weighted by Gasteiger charge is -2.06. The fourth-order valence-electron chi connectivity index (χ4n) is 2.32. The Labute approximate surface area is 148 Å². The van der Waals surface area contributed by atoms with Gasteiger partial charge in [-0.1, -0.05) is 18.2 Å². The van der Waals surface area contributed by atoms with Crippen molar-refractivity contribution in [3.05, 3.63) is 59.8 Å². The molecule has 1 amide bonds. The molecular weight excluding hydrogens is 338 g/mol. The number of carbonyl (C=O) groups is 3. The largest absolute Gasteiger partial charge is 0.465 e. The van der Waals surface area contributed by atoms with E-state index in [2.05, 4.69) is 20.3 Å². The Kier molecular flexibility index (Phi) is 4.93. The Balaban J connectivity index is 1.57. The fraction of sp³-hybridized carbons (Fsp3) is 0.111. The summed E-state index contributed by atoms with van der Waals surface area (Å²) in [6.07, 6.45) is 0. The second-order valence-electron chi connectivity index (χ2n) is 5.31. The number of hydrogen-bond donors (Lipinski definition) is 2. The number of nitrogens with one attached hydrogen (secondary N) is 2. The number of esters is 2. The first-order valence-corrected chi connectivity index (χ1v) is 7.67. The van der Waals surface area contributed by atoms with Crippen molar-refractivity contribution >= 4 is 34.4 Å². The summed E-state index contributed by atoms with van der Waals surface area (Å²) in [4.78, 5) is 35.4. The van der Waals surface area contributed by atoms with Crippen LogP contribution in [0.4, 0.5) is 5.69 Å². The van der Waals surface area contributed by atoms with E-state index in [0.717, 1.165) is 0 Å². The van der Waals surface area contributed by atoms with Crippen LogP contribution in [0.5, 0.6) is 0 Å². The van der Waals surface area contributed by atoms with E-state index in [-0.39, 0.29) is 5.69 Å². The van der Waals surface area contributed by atoms with Crippen molar-refractivity contribution in [2.24, 2.45) is 0 Å². The molecule has 8 heteroatoms. The summed E-state index contributed by atoms with van der Waals surface area (Å²) in [5.74, 6) is -1.68. The third kappa shape index (κ3) is 3.69. The van der Waals surface area contributed by atoms with Crippen molar-refractivity contribution < 1.29 is 23.9 Å². The van der Waals surface area contributed by atoms with E-state index < -0.39 is 24.5 Å². The zero-order valence-corrected chi connectivity index (χ0v) is 13.8. The molecule has 2 N–H and O–H groups in total. The molecule has 2 aromatic carbocycles. The lowest BCUT2D eigenvalue weighted by Crippen LogP contribution is -2.21. The highest BCUT2D eigenvalue weighted by Gasteiger charge is 2.16. The van der Waals surface area contributed by atoms with Crippen LogP contribution in [0, 0.1) is 0 Å². The van der Waals surface area contributed by atoms with Crippen molar-refractivity contribution in [3.8, 4) is 0 Å². The predicted octanol–water partition coefficient (Wildman–Crippen LogP) is 2.14. The van der Waals surface area contributed by atoms with E-state index >= 15 is 0 Å². The summed E-state index contributed by atoms with van der Waals surface area (Å²) < 4.78 is 9.60. The third-order valence-corrected chi connectivity index (χ3v) is 3.59. The van der Waals surface area contributed by atoms with Gasteiger partial charge < -0.3 is 14.8 Å². The monoisotopic (exact) mass is 353 g/mol. The first-order valence-electron chi connectivity index (χ1n) is 7.67. The Morgan fingerprint density at radius 1 is 1.04 bits per heavy atom. The molecule has 0 aliphatic carbocycles. The van der Waals surface area contributed by atoms with Gasteiger partial charge in [-0.15, -0.1) is 0 Å². The van der Waals surface area contributed by atoms with Gasteiger partial charge in [-0.25, -0.2) is 9.59 Å². The quantitative estimate of drug-likeness (QED) is 0.680. The Hall–Kier alpha value is -3.68. The van der Waals surface area contributed by atoms with Gasteiger partial charge in [-0.05, 0) is 30.3 Å². The molecule has 0 fully saturated rings. The van der Waals surface area contributed by atoms with Gasteiger partial charge >= 0.3 is 11.9 Å². The first-order chi connectivity index (χ1) is 12.6. The zero-order chi connectivity index (χ0) is 18.5. The molecule has 0 aliphatic heterocycles. The van der Waals surface area contributed by atoms with Crippen molar-refractivity contribution in [2.75, 3.05) is 19.0 Å². The number of benzene rings is 2. The number of hydrogen-bond acceptors (Lipinski definition) is 6. The van der Waals surface area contributed by atoms with Crippen LogP contribution in [0.25, 0.3) is 10.9 Å². The molecule has 8 nitrogen and oxygen atoms in total. The minimum Gasteiger partial charge on any atom is -0.465 e. The van der Waals surface area contributed by atoms with Crippen LogP contribution in [0.15, 0.2) is 48.5 Å². The summed E-state index contributed by atoms with van der Waals surface area (Å²) in [7, 11) is 1.29. The number of methoxy groups -OCH3 is 1. The highest BCUT2D eigenvalue weighted by molar-refractivity contribution is 6.03. The van der Waals surface area contributed by atoms with Crippen LogP contribution in [-0.4, -0.2) is 41.8 Å². The number of H-pyrrole nitrogens is 1. The van der Waals surface area contributed by atoms with Crippen molar-refractivity contribution in [2.45, 2.75) is 0 Å². The lowest BCUT2D eigenvalue weighted by molar-refractivity contribution is -0.119. The number of para-hydroxylation sites is 1. The topological polar surface area (TPSA) is 110 Å². The third-order valence-electron chi connectivity index (χ3n) is 3.59. The van der Waals surface area contributed by atoms with Gasteiger partial charge in [0.15, 0.2) is 12.3 Å². The molecule has 0 unspecified atom stereocenters. The summed E-state index contributed by atoms with van der Waals surface area (Å²) in [6.45, 7) is -0.460. The fourth-order valence-corrected chi connectivity index (χ4v) is 2.32.